The average Bonchev–Trinajstić information content (AvgIpc) is 2.98. The third kappa shape index (κ3) is 3.84. The Kier molecular flexibility index (Phi) is 5.18. The van der Waals surface area contributed by atoms with Crippen LogP contribution in [0.15, 0.2) is 41.8 Å². The van der Waals surface area contributed by atoms with Crippen molar-refractivity contribution >= 4 is 22.9 Å². The Bertz CT molecular complexity index is 551. The summed E-state index contributed by atoms with van der Waals surface area (Å²) in [6.45, 7) is 2.08. The molecule has 3 N–H and O–H groups in total. The normalized spacial score (nSPS) is 12.1. The molecule has 1 aromatic carbocycles. The lowest BCUT2D eigenvalue weighted by Crippen LogP contribution is -2.27. The van der Waals surface area contributed by atoms with E-state index in [2.05, 4.69) is 18.3 Å². The second-order valence-electron chi connectivity index (χ2n) is 4.74. The van der Waals surface area contributed by atoms with Gasteiger partial charge in [-0.15, -0.1) is 11.3 Å². The molecule has 0 spiro atoms. The summed E-state index contributed by atoms with van der Waals surface area (Å²) in [6, 6.07) is 11.9. The van der Waals surface area contributed by atoms with Crippen molar-refractivity contribution in [1.29, 1.82) is 0 Å². The van der Waals surface area contributed by atoms with E-state index in [9.17, 15) is 4.79 Å². The van der Waals surface area contributed by atoms with Crippen LogP contribution in [0.3, 0.4) is 0 Å². The summed E-state index contributed by atoms with van der Waals surface area (Å²) in [7, 11) is 0. The van der Waals surface area contributed by atoms with Crippen LogP contribution in [0.25, 0.3) is 0 Å². The highest BCUT2D eigenvalue weighted by Crippen LogP contribution is 2.22. The zero-order valence-electron chi connectivity index (χ0n) is 11.6. The van der Waals surface area contributed by atoms with Crippen LogP contribution in [0.2, 0.25) is 0 Å². The van der Waals surface area contributed by atoms with Gasteiger partial charge in [0, 0.05) is 17.0 Å². The maximum Gasteiger partial charge on any atom is 0.220 e. The zero-order chi connectivity index (χ0) is 14.4. The Morgan fingerprint density at radius 3 is 2.75 bits per heavy atom. The van der Waals surface area contributed by atoms with E-state index in [0.717, 1.165) is 17.7 Å². The van der Waals surface area contributed by atoms with Gasteiger partial charge in [0.15, 0.2) is 0 Å². The summed E-state index contributed by atoms with van der Waals surface area (Å²) in [5.41, 5.74) is 7.67. The van der Waals surface area contributed by atoms with Crippen molar-refractivity contribution in [3.63, 3.8) is 0 Å². The maximum atomic E-state index is 12.0. The molecule has 1 heterocycles. The number of rotatable bonds is 6. The second-order valence-corrected chi connectivity index (χ2v) is 5.72. The monoisotopic (exact) mass is 288 g/mol. The van der Waals surface area contributed by atoms with Gasteiger partial charge in [-0.3, -0.25) is 4.79 Å². The van der Waals surface area contributed by atoms with E-state index >= 15 is 0 Å². The summed E-state index contributed by atoms with van der Waals surface area (Å²) in [5, 5.41) is 5.13. The van der Waals surface area contributed by atoms with Gasteiger partial charge in [-0.2, -0.15) is 0 Å². The lowest BCUT2D eigenvalue weighted by Gasteiger charge is -2.15. The second kappa shape index (κ2) is 7.10. The first-order valence-corrected chi connectivity index (χ1v) is 7.74. The SMILES string of the molecule is CCC(NC(=O)CCc1ccccc1N)c1cccs1. The van der Waals surface area contributed by atoms with Crippen molar-refractivity contribution in [1.82, 2.24) is 5.32 Å². The molecule has 0 saturated carbocycles. The number of nitrogens with two attached hydrogens (primary N) is 1. The highest BCUT2D eigenvalue weighted by atomic mass is 32.1. The number of carbonyl (C=O) groups is 1. The topological polar surface area (TPSA) is 55.1 Å². The molecule has 0 bridgehead atoms. The van der Waals surface area contributed by atoms with Gasteiger partial charge in [0.05, 0.1) is 6.04 Å². The van der Waals surface area contributed by atoms with E-state index < -0.39 is 0 Å². The minimum absolute atomic E-state index is 0.0773. The molecule has 20 heavy (non-hydrogen) atoms. The molecular weight excluding hydrogens is 268 g/mol. The van der Waals surface area contributed by atoms with E-state index in [1.165, 1.54) is 4.88 Å². The molecule has 0 saturated heterocycles. The van der Waals surface area contributed by atoms with Gasteiger partial charge in [-0.1, -0.05) is 31.2 Å². The standard InChI is InChI=1S/C16H20N2OS/c1-2-14(15-8-5-11-20-15)18-16(19)10-9-12-6-3-4-7-13(12)17/h3-8,11,14H,2,9-10,17H2,1H3,(H,18,19). The minimum atomic E-state index is 0.0773. The van der Waals surface area contributed by atoms with Crippen molar-refractivity contribution in [2.24, 2.45) is 0 Å². The molecule has 1 unspecified atom stereocenters. The van der Waals surface area contributed by atoms with Crippen LogP contribution in [0.5, 0.6) is 0 Å². The third-order valence-corrected chi connectivity index (χ3v) is 4.29. The fourth-order valence-corrected chi connectivity index (χ4v) is 3.00. The van der Waals surface area contributed by atoms with Crippen LogP contribution in [-0.2, 0) is 11.2 Å². The van der Waals surface area contributed by atoms with Gasteiger partial charge in [0.1, 0.15) is 0 Å². The lowest BCUT2D eigenvalue weighted by molar-refractivity contribution is -0.121. The summed E-state index contributed by atoms with van der Waals surface area (Å²) in [6.07, 6.45) is 2.05. The summed E-state index contributed by atoms with van der Waals surface area (Å²) < 4.78 is 0. The Morgan fingerprint density at radius 2 is 2.10 bits per heavy atom. The van der Waals surface area contributed by atoms with Gasteiger partial charge in [0.2, 0.25) is 5.91 Å². The number of para-hydroxylation sites is 1. The number of nitrogen functional groups attached to an aromatic ring is 1. The summed E-state index contributed by atoms with van der Waals surface area (Å²) >= 11 is 1.68. The van der Waals surface area contributed by atoms with Gasteiger partial charge in [-0.25, -0.2) is 0 Å². The molecule has 4 heteroatoms. The van der Waals surface area contributed by atoms with Crippen molar-refractivity contribution in [3.05, 3.63) is 52.2 Å². The van der Waals surface area contributed by atoms with Crippen molar-refractivity contribution < 1.29 is 4.79 Å². The molecule has 0 aliphatic heterocycles. The van der Waals surface area contributed by atoms with Gasteiger partial charge >= 0.3 is 0 Å². The molecule has 3 nitrogen and oxygen atoms in total. The molecule has 1 aromatic heterocycles. The summed E-state index contributed by atoms with van der Waals surface area (Å²) in [4.78, 5) is 13.3. The van der Waals surface area contributed by atoms with Crippen LogP contribution in [0, 0.1) is 0 Å². The number of thiophene rings is 1. The molecule has 0 fully saturated rings. The molecular formula is C16H20N2OS. The Balaban J connectivity index is 1.88. The van der Waals surface area contributed by atoms with E-state index in [4.69, 9.17) is 5.73 Å². The van der Waals surface area contributed by atoms with Gasteiger partial charge in [-0.05, 0) is 35.9 Å². The average molecular weight is 288 g/mol. The fraction of sp³-hybridized carbons (Fsp3) is 0.312. The van der Waals surface area contributed by atoms with Crippen LogP contribution in [0.1, 0.15) is 36.2 Å². The van der Waals surface area contributed by atoms with Gasteiger partial charge in [0.25, 0.3) is 0 Å². The quantitative estimate of drug-likeness (QED) is 0.799. The fourth-order valence-electron chi connectivity index (χ4n) is 2.14. The first-order chi connectivity index (χ1) is 9.70. The third-order valence-electron chi connectivity index (χ3n) is 3.31. The predicted octanol–water partition coefficient (Wildman–Crippen LogP) is 3.53. The molecule has 1 amide bonds. The number of hydrogen-bond donors (Lipinski definition) is 2. The van der Waals surface area contributed by atoms with Gasteiger partial charge < -0.3 is 11.1 Å². The largest absolute Gasteiger partial charge is 0.399 e. The minimum Gasteiger partial charge on any atom is -0.399 e. The zero-order valence-corrected chi connectivity index (χ0v) is 12.5. The number of aryl methyl sites for hydroxylation is 1. The smallest absolute Gasteiger partial charge is 0.220 e. The first-order valence-electron chi connectivity index (χ1n) is 6.87. The molecule has 2 aromatic rings. The van der Waals surface area contributed by atoms with E-state index in [-0.39, 0.29) is 11.9 Å². The van der Waals surface area contributed by atoms with Crippen LogP contribution >= 0.6 is 11.3 Å². The molecule has 0 radical (unpaired) electrons. The Labute approximate surface area is 123 Å². The number of anilines is 1. The Hall–Kier alpha value is -1.81. The van der Waals surface area contributed by atoms with Crippen LogP contribution in [-0.4, -0.2) is 5.91 Å². The predicted molar refractivity (Wildman–Crippen MR) is 84.7 cm³/mol. The first kappa shape index (κ1) is 14.6. The van der Waals surface area contributed by atoms with Crippen LogP contribution in [0.4, 0.5) is 5.69 Å². The lowest BCUT2D eigenvalue weighted by atomic mass is 10.1. The van der Waals surface area contributed by atoms with E-state index in [1.54, 1.807) is 11.3 Å². The highest BCUT2D eigenvalue weighted by Gasteiger charge is 2.13. The molecule has 2 rings (SSSR count). The number of benzene rings is 1. The highest BCUT2D eigenvalue weighted by molar-refractivity contribution is 7.10. The number of nitrogens with one attached hydrogen (secondary N) is 1. The molecule has 0 aliphatic carbocycles. The molecule has 106 valence electrons. The van der Waals surface area contributed by atoms with E-state index in [0.29, 0.717) is 12.8 Å². The van der Waals surface area contributed by atoms with Crippen molar-refractivity contribution in [2.45, 2.75) is 32.2 Å². The van der Waals surface area contributed by atoms with E-state index in [1.807, 2.05) is 35.7 Å². The van der Waals surface area contributed by atoms with Crippen molar-refractivity contribution in [3.8, 4) is 0 Å². The van der Waals surface area contributed by atoms with Crippen molar-refractivity contribution in [2.75, 3.05) is 5.73 Å². The molecule has 1 atom stereocenters. The number of hydrogen-bond acceptors (Lipinski definition) is 3. The molecule has 0 aliphatic rings. The number of amides is 1. The Morgan fingerprint density at radius 1 is 1.30 bits per heavy atom. The maximum absolute atomic E-state index is 12.0. The summed E-state index contributed by atoms with van der Waals surface area (Å²) in [5.74, 6) is 0.0773. The van der Waals surface area contributed by atoms with Crippen LogP contribution < -0.4 is 11.1 Å². The number of carbonyl (C=O) groups excluding carboxylic acids is 1.